The van der Waals surface area contributed by atoms with Crippen molar-refractivity contribution in [1.82, 2.24) is 5.32 Å². The number of amides is 2. The van der Waals surface area contributed by atoms with Gasteiger partial charge in [-0.2, -0.15) is 0 Å². The molecule has 0 radical (unpaired) electrons. The molecule has 3 atom stereocenters. The van der Waals surface area contributed by atoms with E-state index < -0.39 is 0 Å². The number of hydrogen-bond donors (Lipinski definition) is 3. The molecule has 1 aliphatic heterocycles. The van der Waals surface area contributed by atoms with E-state index in [1.54, 1.807) is 0 Å². The first kappa shape index (κ1) is 16.0. The molecule has 3 rings (SSSR count). The number of carbonyl (C=O) groups is 2. The molecule has 23 heavy (non-hydrogen) atoms. The van der Waals surface area contributed by atoms with Gasteiger partial charge in [0, 0.05) is 18.0 Å². The summed E-state index contributed by atoms with van der Waals surface area (Å²) in [6, 6.07) is 5.96. The van der Waals surface area contributed by atoms with Gasteiger partial charge in [-0.1, -0.05) is 18.6 Å². The molecule has 1 aliphatic carbocycles. The lowest BCUT2D eigenvalue weighted by Crippen LogP contribution is -2.36. The van der Waals surface area contributed by atoms with Crippen LogP contribution in [-0.2, 0) is 16.0 Å². The first-order valence-electron chi connectivity index (χ1n) is 8.51. The van der Waals surface area contributed by atoms with Crippen LogP contribution in [0.1, 0.15) is 49.8 Å². The minimum atomic E-state index is -0.0375. The van der Waals surface area contributed by atoms with Gasteiger partial charge < -0.3 is 16.4 Å². The summed E-state index contributed by atoms with van der Waals surface area (Å²) in [5.41, 5.74) is 8.89. The molecule has 1 saturated carbocycles. The Hall–Kier alpha value is -1.88. The molecule has 1 heterocycles. The fraction of sp³-hybridized carbons (Fsp3) is 0.556. The number of benzene rings is 1. The van der Waals surface area contributed by atoms with Crippen molar-refractivity contribution in [3.63, 3.8) is 0 Å². The lowest BCUT2D eigenvalue weighted by Gasteiger charge is -2.23. The van der Waals surface area contributed by atoms with Crippen molar-refractivity contribution >= 4 is 17.5 Å². The second kappa shape index (κ2) is 6.71. The highest BCUT2D eigenvalue weighted by molar-refractivity contribution is 5.93. The van der Waals surface area contributed by atoms with Gasteiger partial charge in [0.15, 0.2) is 0 Å². The lowest BCUT2D eigenvalue weighted by molar-refractivity contribution is -0.126. The number of anilines is 1. The SMILES string of the molecule is CC(NC(=O)[C@@H]1CCC[C@@H]1CN)c1ccc2c(c1)CCC(=O)N2. The summed E-state index contributed by atoms with van der Waals surface area (Å²) in [4.78, 5) is 23.9. The predicted molar refractivity (Wildman–Crippen MR) is 89.8 cm³/mol. The topological polar surface area (TPSA) is 84.2 Å². The molecule has 1 fully saturated rings. The Morgan fingerprint density at radius 1 is 1.39 bits per heavy atom. The van der Waals surface area contributed by atoms with Gasteiger partial charge in [0.2, 0.25) is 11.8 Å². The molecule has 4 N–H and O–H groups in total. The minimum absolute atomic E-state index is 0.0375. The van der Waals surface area contributed by atoms with Gasteiger partial charge in [0.05, 0.1) is 6.04 Å². The highest BCUT2D eigenvalue weighted by Crippen LogP contribution is 2.32. The number of nitrogens with one attached hydrogen (secondary N) is 2. The molecule has 0 aromatic heterocycles. The Bertz CT molecular complexity index is 614. The number of rotatable bonds is 4. The molecule has 2 aliphatic rings. The third kappa shape index (κ3) is 3.39. The van der Waals surface area contributed by atoms with Crippen LogP contribution in [0.4, 0.5) is 5.69 Å². The van der Waals surface area contributed by atoms with E-state index in [4.69, 9.17) is 5.73 Å². The van der Waals surface area contributed by atoms with Crippen LogP contribution in [0, 0.1) is 11.8 Å². The zero-order valence-electron chi connectivity index (χ0n) is 13.6. The van der Waals surface area contributed by atoms with E-state index in [1.165, 1.54) is 0 Å². The normalized spacial score (nSPS) is 24.7. The summed E-state index contributed by atoms with van der Waals surface area (Å²) in [6.45, 7) is 2.60. The van der Waals surface area contributed by atoms with Crippen LogP contribution in [0.15, 0.2) is 18.2 Å². The van der Waals surface area contributed by atoms with Crippen LogP contribution in [-0.4, -0.2) is 18.4 Å². The Morgan fingerprint density at radius 3 is 3.00 bits per heavy atom. The molecule has 0 spiro atoms. The van der Waals surface area contributed by atoms with E-state index in [0.717, 1.165) is 42.5 Å². The van der Waals surface area contributed by atoms with Gasteiger partial charge in [-0.3, -0.25) is 9.59 Å². The molecule has 5 nitrogen and oxygen atoms in total. The second-order valence-corrected chi connectivity index (χ2v) is 6.73. The fourth-order valence-electron chi connectivity index (χ4n) is 3.74. The third-order valence-electron chi connectivity index (χ3n) is 5.18. The van der Waals surface area contributed by atoms with Gasteiger partial charge in [-0.05, 0) is 55.8 Å². The van der Waals surface area contributed by atoms with E-state index in [0.29, 0.717) is 18.9 Å². The summed E-state index contributed by atoms with van der Waals surface area (Å²) in [6.07, 6.45) is 4.37. The number of aryl methyl sites for hydroxylation is 1. The first-order chi connectivity index (χ1) is 11.1. The Kier molecular flexibility index (Phi) is 4.66. The maximum absolute atomic E-state index is 12.5. The quantitative estimate of drug-likeness (QED) is 0.796. The molecule has 0 bridgehead atoms. The highest BCUT2D eigenvalue weighted by Gasteiger charge is 2.32. The van der Waals surface area contributed by atoms with Crippen LogP contribution >= 0.6 is 0 Å². The van der Waals surface area contributed by atoms with Crippen LogP contribution in [0.25, 0.3) is 0 Å². The number of fused-ring (bicyclic) bond motifs is 1. The van der Waals surface area contributed by atoms with Crippen LogP contribution < -0.4 is 16.4 Å². The lowest BCUT2D eigenvalue weighted by atomic mass is 9.94. The fourth-order valence-corrected chi connectivity index (χ4v) is 3.74. The highest BCUT2D eigenvalue weighted by atomic mass is 16.2. The Morgan fingerprint density at radius 2 is 2.22 bits per heavy atom. The van der Waals surface area contributed by atoms with E-state index in [-0.39, 0.29) is 23.8 Å². The summed E-state index contributed by atoms with van der Waals surface area (Å²) in [5, 5.41) is 6.02. The van der Waals surface area contributed by atoms with Crippen molar-refractivity contribution in [2.75, 3.05) is 11.9 Å². The van der Waals surface area contributed by atoms with Crippen molar-refractivity contribution in [1.29, 1.82) is 0 Å². The third-order valence-corrected chi connectivity index (χ3v) is 5.18. The smallest absolute Gasteiger partial charge is 0.224 e. The van der Waals surface area contributed by atoms with Crippen molar-refractivity contribution in [2.24, 2.45) is 17.6 Å². The van der Waals surface area contributed by atoms with Gasteiger partial charge in [0.1, 0.15) is 0 Å². The van der Waals surface area contributed by atoms with Crippen molar-refractivity contribution in [3.05, 3.63) is 29.3 Å². The van der Waals surface area contributed by atoms with E-state index in [2.05, 4.69) is 16.7 Å². The first-order valence-corrected chi connectivity index (χ1v) is 8.51. The number of nitrogens with two attached hydrogens (primary N) is 1. The minimum Gasteiger partial charge on any atom is -0.349 e. The summed E-state index contributed by atoms with van der Waals surface area (Å²) >= 11 is 0. The molecule has 1 aromatic carbocycles. The van der Waals surface area contributed by atoms with E-state index in [1.807, 2.05) is 19.1 Å². The van der Waals surface area contributed by atoms with Crippen molar-refractivity contribution in [2.45, 2.75) is 45.1 Å². The maximum atomic E-state index is 12.5. The summed E-state index contributed by atoms with van der Waals surface area (Å²) < 4.78 is 0. The molecule has 2 amide bonds. The zero-order valence-corrected chi connectivity index (χ0v) is 13.6. The molecular weight excluding hydrogens is 290 g/mol. The average molecular weight is 315 g/mol. The molecule has 1 unspecified atom stereocenters. The van der Waals surface area contributed by atoms with Gasteiger partial charge in [-0.15, -0.1) is 0 Å². The monoisotopic (exact) mass is 315 g/mol. The van der Waals surface area contributed by atoms with Crippen LogP contribution in [0.3, 0.4) is 0 Å². The number of hydrogen-bond acceptors (Lipinski definition) is 3. The standard InChI is InChI=1S/C18H25N3O2/c1-11(20-18(23)15-4-2-3-14(15)10-19)12-5-7-16-13(9-12)6-8-17(22)21-16/h5,7,9,11,14-15H,2-4,6,8,10,19H2,1H3,(H,20,23)(H,21,22)/t11?,14-,15-/m1/s1. The maximum Gasteiger partial charge on any atom is 0.224 e. The van der Waals surface area contributed by atoms with Gasteiger partial charge in [0.25, 0.3) is 0 Å². The Balaban J connectivity index is 1.67. The molecule has 5 heteroatoms. The molecular formula is C18H25N3O2. The number of carbonyl (C=O) groups excluding carboxylic acids is 2. The average Bonchev–Trinajstić information content (AvgIpc) is 3.03. The second-order valence-electron chi connectivity index (χ2n) is 6.73. The largest absolute Gasteiger partial charge is 0.349 e. The van der Waals surface area contributed by atoms with Crippen LogP contribution in [0.2, 0.25) is 0 Å². The van der Waals surface area contributed by atoms with E-state index in [9.17, 15) is 9.59 Å². The predicted octanol–water partition coefficient (Wildman–Crippen LogP) is 2.12. The van der Waals surface area contributed by atoms with Crippen molar-refractivity contribution < 1.29 is 9.59 Å². The molecule has 1 aromatic rings. The van der Waals surface area contributed by atoms with Crippen LogP contribution in [0.5, 0.6) is 0 Å². The molecule has 0 saturated heterocycles. The van der Waals surface area contributed by atoms with E-state index >= 15 is 0 Å². The zero-order chi connectivity index (χ0) is 16.4. The van der Waals surface area contributed by atoms with Gasteiger partial charge in [-0.25, -0.2) is 0 Å². The summed E-state index contributed by atoms with van der Waals surface area (Å²) in [7, 11) is 0. The Labute approximate surface area is 137 Å². The molecule has 124 valence electrons. The van der Waals surface area contributed by atoms with Gasteiger partial charge >= 0.3 is 0 Å². The summed E-state index contributed by atoms with van der Waals surface area (Å²) in [5.74, 6) is 0.567. The van der Waals surface area contributed by atoms with Crippen molar-refractivity contribution in [3.8, 4) is 0 Å².